The fraction of sp³-hybridized carbons (Fsp3) is 0.200. The van der Waals surface area contributed by atoms with E-state index in [4.69, 9.17) is 9.47 Å². The van der Waals surface area contributed by atoms with Crippen LogP contribution in [0.2, 0.25) is 0 Å². The van der Waals surface area contributed by atoms with Crippen LogP contribution in [0.1, 0.15) is 34.7 Å². The monoisotopic (exact) mass is 355 g/mol. The summed E-state index contributed by atoms with van der Waals surface area (Å²) in [5.74, 6) is -0.685. The third-order valence-electron chi connectivity index (χ3n) is 3.98. The summed E-state index contributed by atoms with van der Waals surface area (Å²) < 4.78 is 26.3. The number of hydrogen-bond acceptors (Lipinski definition) is 4. The summed E-state index contributed by atoms with van der Waals surface area (Å²) >= 11 is 0. The van der Waals surface area contributed by atoms with Crippen molar-refractivity contribution in [2.75, 3.05) is 13.2 Å². The van der Waals surface area contributed by atoms with Crippen LogP contribution < -0.4 is 4.74 Å². The predicted octanol–water partition coefficient (Wildman–Crippen LogP) is 4.13. The van der Waals surface area contributed by atoms with Crippen molar-refractivity contribution in [2.45, 2.75) is 13.8 Å². The molecule has 0 aliphatic rings. The molecule has 0 fully saturated rings. The molecule has 0 aliphatic heterocycles. The number of carbonyl (C=O) groups excluding carboxylic acids is 2. The molecule has 0 N–H and O–H groups in total. The largest absolute Gasteiger partial charge is 0.493 e. The lowest BCUT2D eigenvalue weighted by Gasteiger charge is -2.12. The SMILES string of the molecule is CCOC(=O)c1c(-c2cc(F)ccc2OCC)c(C=O)n2ccccc12. The van der Waals surface area contributed by atoms with Crippen molar-refractivity contribution in [1.82, 2.24) is 4.40 Å². The number of halogens is 1. The molecule has 0 amide bonds. The zero-order valence-electron chi connectivity index (χ0n) is 14.5. The van der Waals surface area contributed by atoms with E-state index in [1.54, 1.807) is 42.6 Å². The molecule has 6 heteroatoms. The van der Waals surface area contributed by atoms with Gasteiger partial charge in [-0.2, -0.15) is 0 Å². The van der Waals surface area contributed by atoms with Crippen LogP contribution in [0.25, 0.3) is 16.6 Å². The van der Waals surface area contributed by atoms with E-state index in [2.05, 4.69) is 0 Å². The maximum Gasteiger partial charge on any atom is 0.340 e. The Labute approximate surface area is 150 Å². The molecule has 0 atom stereocenters. The minimum atomic E-state index is -0.578. The summed E-state index contributed by atoms with van der Waals surface area (Å²) in [5.41, 5.74) is 1.58. The van der Waals surface area contributed by atoms with Crippen LogP contribution in [-0.2, 0) is 4.74 Å². The van der Waals surface area contributed by atoms with Crippen LogP contribution in [0.5, 0.6) is 5.75 Å². The van der Waals surface area contributed by atoms with Gasteiger partial charge in [0.1, 0.15) is 11.6 Å². The van der Waals surface area contributed by atoms with Crippen LogP contribution in [0.15, 0.2) is 42.6 Å². The first-order valence-corrected chi connectivity index (χ1v) is 8.30. The predicted molar refractivity (Wildman–Crippen MR) is 95.3 cm³/mol. The Bertz CT molecular complexity index is 977. The van der Waals surface area contributed by atoms with Crippen LogP contribution in [0.4, 0.5) is 4.39 Å². The molecule has 0 aliphatic carbocycles. The number of esters is 1. The van der Waals surface area contributed by atoms with Gasteiger partial charge in [0.05, 0.1) is 30.0 Å². The first-order valence-electron chi connectivity index (χ1n) is 8.30. The van der Waals surface area contributed by atoms with Gasteiger partial charge in [-0.15, -0.1) is 0 Å². The second-order valence-corrected chi connectivity index (χ2v) is 5.50. The van der Waals surface area contributed by atoms with E-state index < -0.39 is 11.8 Å². The Morgan fingerprint density at radius 1 is 1.19 bits per heavy atom. The standard InChI is InChI=1S/C20H18FNO4/c1-3-25-17-9-8-13(21)11-14(17)18-16(12-23)22-10-6-5-7-15(22)19(18)20(24)26-4-2/h5-12H,3-4H2,1-2H3. The highest BCUT2D eigenvalue weighted by Crippen LogP contribution is 2.38. The molecule has 0 radical (unpaired) electrons. The van der Waals surface area contributed by atoms with Gasteiger partial charge in [0.15, 0.2) is 6.29 Å². The quantitative estimate of drug-likeness (QED) is 0.493. The van der Waals surface area contributed by atoms with Gasteiger partial charge in [0.25, 0.3) is 0 Å². The van der Waals surface area contributed by atoms with E-state index in [0.717, 1.165) is 0 Å². The van der Waals surface area contributed by atoms with E-state index in [-0.39, 0.29) is 17.9 Å². The van der Waals surface area contributed by atoms with Gasteiger partial charge in [-0.1, -0.05) is 6.07 Å². The highest BCUT2D eigenvalue weighted by molar-refractivity contribution is 6.09. The molecule has 0 saturated carbocycles. The van der Waals surface area contributed by atoms with Crippen LogP contribution in [0.3, 0.4) is 0 Å². The van der Waals surface area contributed by atoms with E-state index in [9.17, 15) is 14.0 Å². The number of aromatic nitrogens is 1. The zero-order valence-corrected chi connectivity index (χ0v) is 14.5. The summed E-state index contributed by atoms with van der Waals surface area (Å²) in [7, 11) is 0. The highest BCUT2D eigenvalue weighted by atomic mass is 19.1. The fourth-order valence-electron chi connectivity index (χ4n) is 3.01. The maximum atomic E-state index is 14.0. The first kappa shape index (κ1) is 17.7. The van der Waals surface area contributed by atoms with Crippen LogP contribution in [-0.4, -0.2) is 29.9 Å². The van der Waals surface area contributed by atoms with E-state index >= 15 is 0 Å². The molecule has 0 saturated heterocycles. The third-order valence-corrected chi connectivity index (χ3v) is 3.98. The lowest BCUT2D eigenvalue weighted by molar-refractivity contribution is 0.0529. The number of carbonyl (C=O) groups is 2. The van der Waals surface area contributed by atoms with Crippen molar-refractivity contribution in [3.05, 3.63) is 59.7 Å². The second kappa shape index (κ2) is 7.39. The Morgan fingerprint density at radius 3 is 2.69 bits per heavy atom. The summed E-state index contributed by atoms with van der Waals surface area (Å²) in [6.45, 7) is 4.04. The number of pyridine rings is 1. The molecule has 0 unspecified atom stereocenters. The van der Waals surface area contributed by atoms with Crippen molar-refractivity contribution in [2.24, 2.45) is 0 Å². The molecule has 26 heavy (non-hydrogen) atoms. The number of benzene rings is 1. The van der Waals surface area contributed by atoms with E-state index in [1.807, 2.05) is 0 Å². The van der Waals surface area contributed by atoms with Gasteiger partial charge in [-0.25, -0.2) is 9.18 Å². The van der Waals surface area contributed by atoms with Gasteiger partial charge in [-0.3, -0.25) is 4.79 Å². The summed E-state index contributed by atoms with van der Waals surface area (Å²) in [6.07, 6.45) is 2.32. The molecule has 1 aromatic carbocycles. The number of nitrogens with zero attached hydrogens (tertiary/aromatic N) is 1. The highest BCUT2D eigenvalue weighted by Gasteiger charge is 2.27. The van der Waals surface area contributed by atoms with E-state index in [1.165, 1.54) is 18.2 Å². The zero-order chi connectivity index (χ0) is 18.7. The summed E-state index contributed by atoms with van der Waals surface area (Å²) in [6, 6.07) is 9.23. The Balaban J connectivity index is 2.42. The van der Waals surface area contributed by atoms with Gasteiger partial charge in [0.2, 0.25) is 0 Å². The maximum absolute atomic E-state index is 14.0. The molecule has 2 heterocycles. The molecule has 2 aromatic heterocycles. The average Bonchev–Trinajstić information content (AvgIpc) is 2.97. The molecule has 134 valence electrons. The van der Waals surface area contributed by atoms with Crippen molar-refractivity contribution in [1.29, 1.82) is 0 Å². The van der Waals surface area contributed by atoms with Gasteiger partial charge >= 0.3 is 5.97 Å². The number of fused-ring (bicyclic) bond motifs is 1. The number of aldehydes is 1. The molecule has 3 aromatic rings. The fourth-order valence-corrected chi connectivity index (χ4v) is 3.01. The Kier molecular flexibility index (Phi) is 5.02. The smallest absolute Gasteiger partial charge is 0.340 e. The third kappa shape index (κ3) is 2.94. The Morgan fingerprint density at radius 2 is 2.00 bits per heavy atom. The minimum absolute atomic E-state index is 0.181. The summed E-state index contributed by atoms with van der Waals surface area (Å²) in [4.78, 5) is 24.5. The minimum Gasteiger partial charge on any atom is -0.493 e. The topological polar surface area (TPSA) is 57.0 Å². The second-order valence-electron chi connectivity index (χ2n) is 5.50. The van der Waals surface area contributed by atoms with Crippen molar-refractivity contribution < 1.29 is 23.5 Å². The number of ether oxygens (including phenoxy) is 2. The lowest BCUT2D eigenvalue weighted by Crippen LogP contribution is -2.06. The number of rotatable bonds is 6. The lowest BCUT2D eigenvalue weighted by atomic mass is 9.99. The number of hydrogen-bond donors (Lipinski definition) is 0. The van der Waals surface area contributed by atoms with Gasteiger partial charge < -0.3 is 13.9 Å². The van der Waals surface area contributed by atoms with E-state index in [0.29, 0.717) is 35.3 Å². The van der Waals surface area contributed by atoms with Gasteiger partial charge in [-0.05, 0) is 44.2 Å². The van der Waals surface area contributed by atoms with Crippen LogP contribution in [0, 0.1) is 5.82 Å². The van der Waals surface area contributed by atoms with Crippen molar-refractivity contribution in [3.8, 4) is 16.9 Å². The van der Waals surface area contributed by atoms with Crippen molar-refractivity contribution >= 4 is 17.8 Å². The summed E-state index contributed by atoms with van der Waals surface area (Å²) in [5, 5.41) is 0. The molecule has 0 spiro atoms. The Hall–Kier alpha value is -3.15. The molecule has 3 rings (SSSR count). The van der Waals surface area contributed by atoms with Crippen molar-refractivity contribution in [3.63, 3.8) is 0 Å². The first-order chi connectivity index (χ1) is 12.6. The van der Waals surface area contributed by atoms with Gasteiger partial charge in [0, 0.05) is 17.3 Å². The molecule has 0 bridgehead atoms. The average molecular weight is 355 g/mol. The molecular formula is C20H18FNO4. The molecular weight excluding hydrogens is 337 g/mol. The molecule has 5 nitrogen and oxygen atoms in total. The normalized spacial score (nSPS) is 10.7. The van der Waals surface area contributed by atoms with Crippen LogP contribution >= 0.6 is 0 Å².